The van der Waals surface area contributed by atoms with Crippen LogP contribution in [-0.2, 0) is 4.74 Å². The van der Waals surface area contributed by atoms with Crippen LogP contribution in [0.3, 0.4) is 0 Å². The third kappa shape index (κ3) is 3.98. The largest absolute Gasteiger partial charge is 0.456 e. The molecule has 5 N–H and O–H groups in total. The van der Waals surface area contributed by atoms with Gasteiger partial charge in [0.25, 0.3) is 0 Å². The molecular formula is C18H22N4O2. The zero-order valence-electron chi connectivity index (χ0n) is 14.0. The first kappa shape index (κ1) is 17.7. The van der Waals surface area contributed by atoms with Crippen molar-refractivity contribution in [2.24, 2.45) is 11.7 Å². The molecule has 0 aliphatic carbocycles. The van der Waals surface area contributed by atoms with Crippen molar-refractivity contribution in [2.45, 2.75) is 26.4 Å². The normalized spacial score (nSPS) is 10.9. The number of aromatic amines is 1. The number of nitrogens with one attached hydrogen (secondary N) is 1. The van der Waals surface area contributed by atoms with Gasteiger partial charge in [0, 0.05) is 5.56 Å². The van der Waals surface area contributed by atoms with E-state index in [-0.39, 0.29) is 5.97 Å². The second-order valence-electron chi connectivity index (χ2n) is 6.16. The van der Waals surface area contributed by atoms with Crippen molar-refractivity contribution < 1.29 is 9.53 Å². The second kappa shape index (κ2) is 7.25. The number of ether oxygens (including phenoxy) is 1. The average Bonchev–Trinajstić information content (AvgIpc) is 3.00. The molecule has 3 rings (SSSR count). The first-order valence-electron chi connectivity index (χ1n) is 7.55. The molecule has 126 valence electrons. The number of para-hydroxylation sites is 1. The Morgan fingerprint density at radius 3 is 2.33 bits per heavy atom. The van der Waals surface area contributed by atoms with Gasteiger partial charge in [-0.05, 0) is 32.9 Å². The molecule has 24 heavy (non-hydrogen) atoms. The van der Waals surface area contributed by atoms with Crippen molar-refractivity contribution in [1.29, 1.82) is 0 Å². The molecule has 0 radical (unpaired) electrons. The van der Waals surface area contributed by atoms with Crippen molar-refractivity contribution >= 4 is 17.0 Å². The Hall–Kier alpha value is -2.70. The van der Waals surface area contributed by atoms with Crippen LogP contribution in [0.5, 0.6) is 0 Å². The average molecular weight is 326 g/mol. The molecule has 0 saturated heterocycles. The van der Waals surface area contributed by atoms with Gasteiger partial charge in [-0.2, -0.15) is 0 Å². The fourth-order valence-corrected chi connectivity index (χ4v) is 2.26. The SMILES string of the molecule is CC(C)(C)OC(=O)c1cccc2[nH]c(-c3ccccc3)nc12.NN. The first-order chi connectivity index (χ1) is 11.4. The third-order valence-corrected chi connectivity index (χ3v) is 3.18. The Morgan fingerprint density at radius 2 is 1.71 bits per heavy atom. The van der Waals surface area contributed by atoms with Crippen molar-refractivity contribution in [3.8, 4) is 11.4 Å². The van der Waals surface area contributed by atoms with Crippen LogP contribution in [-0.4, -0.2) is 21.5 Å². The van der Waals surface area contributed by atoms with Crippen LogP contribution in [0.2, 0.25) is 0 Å². The number of benzene rings is 2. The molecule has 0 aliphatic heterocycles. The van der Waals surface area contributed by atoms with Gasteiger partial charge in [-0.1, -0.05) is 36.4 Å². The smallest absolute Gasteiger partial charge is 0.340 e. The number of H-pyrrole nitrogens is 1. The Balaban J connectivity index is 0.00000100. The Bertz CT molecular complexity index is 820. The summed E-state index contributed by atoms with van der Waals surface area (Å²) in [4.78, 5) is 20.2. The number of hydrogen-bond acceptors (Lipinski definition) is 5. The molecule has 6 heteroatoms. The molecule has 3 aromatic rings. The van der Waals surface area contributed by atoms with E-state index in [9.17, 15) is 4.79 Å². The number of nitrogens with zero attached hydrogens (tertiary/aromatic N) is 1. The van der Waals surface area contributed by atoms with E-state index in [1.54, 1.807) is 6.07 Å². The van der Waals surface area contributed by atoms with E-state index in [2.05, 4.69) is 21.7 Å². The minimum Gasteiger partial charge on any atom is -0.456 e. The zero-order valence-corrected chi connectivity index (χ0v) is 14.0. The fourth-order valence-electron chi connectivity index (χ4n) is 2.26. The van der Waals surface area contributed by atoms with Crippen LogP contribution >= 0.6 is 0 Å². The van der Waals surface area contributed by atoms with Gasteiger partial charge >= 0.3 is 5.97 Å². The highest BCUT2D eigenvalue weighted by atomic mass is 16.6. The topological polar surface area (TPSA) is 107 Å². The molecule has 0 unspecified atom stereocenters. The van der Waals surface area contributed by atoms with E-state index >= 15 is 0 Å². The molecule has 0 amide bonds. The number of imidazole rings is 1. The zero-order chi connectivity index (χ0) is 17.7. The number of hydrogen-bond donors (Lipinski definition) is 3. The lowest BCUT2D eigenvalue weighted by atomic mass is 10.1. The molecule has 2 aromatic carbocycles. The van der Waals surface area contributed by atoms with E-state index in [1.807, 2.05) is 63.2 Å². The van der Waals surface area contributed by atoms with Gasteiger partial charge in [-0.15, -0.1) is 0 Å². The van der Waals surface area contributed by atoms with Crippen LogP contribution in [0.4, 0.5) is 0 Å². The van der Waals surface area contributed by atoms with Gasteiger partial charge < -0.3 is 9.72 Å². The minimum absolute atomic E-state index is 0.357. The fraction of sp³-hybridized carbons (Fsp3) is 0.222. The lowest BCUT2D eigenvalue weighted by Gasteiger charge is -2.19. The predicted octanol–water partition coefficient (Wildman–Crippen LogP) is 3.00. The predicted molar refractivity (Wildman–Crippen MR) is 95.1 cm³/mol. The van der Waals surface area contributed by atoms with E-state index in [0.29, 0.717) is 11.1 Å². The number of rotatable bonds is 2. The number of fused-ring (bicyclic) bond motifs is 1. The third-order valence-electron chi connectivity index (χ3n) is 3.18. The highest BCUT2D eigenvalue weighted by Crippen LogP contribution is 2.24. The number of aromatic nitrogens is 2. The van der Waals surface area contributed by atoms with Crippen LogP contribution in [0.15, 0.2) is 48.5 Å². The quantitative estimate of drug-likeness (QED) is 0.381. The number of carbonyl (C=O) groups excluding carboxylic acids is 1. The molecule has 0 aliphatic rings. The maximum Gasteiger partial charge on any atom is 0.340 e. The Labute approximate surface area is 140 Å². The van der Waals surface area contributed by atoms with Gasteiger partial charge in [-0.3, -0.25) is 11.7 Å². The van der Waals surface area contributed by atoms with E-state index in [1.165, 1.54) is 0 Å². The van der Waals surface area contributed by atoms with Crippen LogP contribution < -0.4 is 11.7 Å². The summed E-state index contributed by atoms with van der Waals surface area (Å²) in [6.07, 6.45) is 0. The molecular weight excluding hydrogens is 304 g/mol. The van der Waals surface area contributed by atoms with E-state index in [0.717, 1.165) is 16.9 Å². The van der Waals surface area contributed by atoms with Gasteiger partial charge in [0.05, 0.1) is 11.1 Å². The Morgan fingerprint density at radius 1 is 1.04 bits per heavy atom. The summed E-state index contributed by atoms with van der Waals surface area (Å²) < 4.78 is 5.45. The van der Waals surface area contributed by atoms with Crippen LogP contribution in [0.1, 0.15) is 31.1 Å². The summed E-state index contributed by atoms with van der Waals surface area (Å²) in [6.45, 7) is 5.56. The van der Waals surface area contributed by atoms with Crippen molar-refractivity contribution in [2.75, 3.05) is 0 Å². The van der Waals surface area contributed by atoms with Crippen molar-refractivity contribution in [1.82, 2.24) is 9.97 Å². The minimum atomic E-state index is -0.530. The second-order valence-corrected chi connectivity index (χ2v) is 6.16. The van der Waals surface area contributed by atoms with E-state index < -0.39 is 5.60 Å². The number of nitrogens with two attached hydrogens (primary N) is 2. The summed E-state index contributed by atoms with van der Waals surface area (Å²) in [5.41, 5.74) is 2.38. The van der Waals surface area contributed by atoms with Gasteiger partial charge in [0.15, 0.2) is 0 Å². The van der Waals surface area contributed by atoms with Crippen LogP contribution in [0.25, 0.3) is 22.4 Å². The first-order valence-corrected chi connectivity index (χ1v) is 7.55. The summed E-state index contributed by atoms with van der Waals surface area (Å²) >= 11 is 0. The summed E-state index contributed by atoms with van der Waals surface area (Å²) in [5, 5.41) is 0. The number of carbonyl (C=O) groups is 1. The monoisotopic (exact) mass is 326 g/mol. The molecule has 0 saturated carbocycles. The lowest BCUT2D eigenvalue weighted by Crippen LogP contribution is -2.24. The summed E-state index contributed by atoms with van der Waals surface area (Å²) in [7, 11) is 0. The molecule has 0 spiro atoms. The maximum atomic E-state index is 12.3. The van der Waals surface area contributed by atoms with Crippen LogP contribution in [0, 0.1) is 0 Å². The van der Waals surface area contributed by atoms with Gasteiger partial charge in [0.2, 0.25) is 0 Å². The maximum absolute atomic E-state index is 12.3. The van der Waals surface area contributed by atoms with E-state index in [4.69, 9.17) is 4.74 Å². The summed E-state index contributed by atoms with van der Waals surface area (Å²) in [6, 6.07) is 15.3. The molecule has 0 atom stereocenters. The molecule has 1 heterocycles. The highest BCUT2D eigenvalue weighted by molar-refractivity contribution is 6.02. The molecule has 0 bridgehead atoms. The Kier molecular flexibility index (Phi) is 5.33. The van der Waals surface area contributed by atoms with Crippen molar-refractivity contribution in [3.05, 3.63) is 54.1 Å². The number of hydrazine groups is 1. The molecule has 0 fully saturated rings. The molecule has 1 aromatic heterocycles. The summed E-state index contributed by atoms with van der Waals surface area (Å²) in [5.74, 6) is 8.39. The van der Waals surface area contributed by atoms with Crippen molar-refractivity contribution in [3.63, 3.8) is 0 Å². The lowest BCUT2D eigenvalue weighted by molar-refractivity contribution is 0.00716. The standard InChI is InChI=1S/C18H18N2O2.H4N2/c1-18(2,3)22-17(21)13-10-7-11-14-15(13)20-16(19-14)12-8-5-4-6-9-12;1-2/h4-11H,1-3H3,(H,19,20);1-2H2. The van der Waals surface area contributed by atoms with Gasteiger partial charge in [-0.25, -0.2) is 9.78 Å². The van der Waals surface area contributed by atoms with Gasteiger partial charge in [0.1, 0.15) is 16.9 Å². The molecule has 6 nitrogen and oxygen atoms in total. The number of esters is 1. The highest BCUT2D eigenvalue weighted by Gasteiger charge is 2.21.